The van der Waals surface area contributed by atoms with E-state index in [4.69, 9.17) is 23.6 Å². The number of ether oxygens (including phenoxy) is 3. The van der Waals surface area contributed by atoms with Crippen LogP contribution in [-0.2, 0) is 15.6 Å². The smallest absolute Gasteiger partial charge is 0.216 e. The molecule has 0 bridgehead atoms. The van der Waals surface area contributed by atoms with Crippen molar-refractivity contribution >= 4 is 16.4 Å². The van der Waals surface area contributed by atoms with Crippen LogP contribution in [0.2, 0.25) is 43.8 Å². The lowest BCUT2D eigenvalue weighted by Crippen LogP contribution is -2.45. The SMILES string of the molecule is C/C=C(C)/C=C(\C)[C@H](O[Si](C)(C)C(C)(C)C)[C@H](C)/C=C(C)/C=C/C/C(C)=C/Cc1nc(OC)cc(OCOCC[Si](C)(C)C)c1C. The number of methoxy groups -OCH3 is 1. The summed E-state index contributed by atoms with van der Waals surface area (Å²) < 4.78 is 24.2. The summed E-state index contributed by atoms with van der Waals surface area (Å²) in [4.78, 5) is 4.71. The lowest BCUT2D eigenvalue weighted by atomic mass is 9.95. The fourth-order valence-corrected chi connectivity index (χ4v) is 6.73. The highest BCUT2D eigenvalue weighted by Crippen LogP contribution is 2.39. The van der Waals surface area contributed by atoms with E-state index in [1.807, 2.05) is 6.07 Å². The molecule has 1 aromatic heterocycles. The van der Waals surface area contributed by atoms with Gasteiger partial charge in [0, 0.05) is 38.6 Å². The summed E-state index contributed by atoms with van der Waals surface area (Å²) in [6.07, 6.45) is 15.1. The molecule has 5 nitrogen and oxygen atoms in total. The second-order valence-corrected chi connectivity index (χ2v) is 25.9. The molecule has 7 heteroatoms. The molecule has 0 aliphatic rings. The second kappa shape index (κ2) is 19.0. The molecule has 0 fully saturated rings. The first-order valence-electron chi connectivity index (χ1n) is 16.9. The predicted octanol–water partition coefficient (Wildman–Crippen LogP) is 11.4. The lowest BCUT2D eigenvalue weighted by Gasteiger charge is -2.41. The maximum absolute atomic E-state index is 7.00. The van der Waals surface area contributed by atoms with E-state index in [0.717, 1.165) is 36.1 Å². The molecule has 1 aromatic rings. The number of rotatable bonds is 18. The predicted molar refractivity (Wildman–Crippen MR) is 205 cm³/mol. The van der Waals surface area contributed by atoms with Crippen LogP contribution in [0.3, 0.4) is 0 Å². The molecule has 260 valence electrons. The molecule has 0 spiro atoms. The number of hydrogen-bond donors (Lipinski definition) is 0. The van der Waals surface area contributed by atoms with E-state index < -0.39 is 16.4 Å². The molecule has 0 aromatic carbocycles. The molecule has 1 heterocycles. The summed E-state index contributed by atoms with van der Waals surface area (Å²) in [5, 5.41) is 0.151. The van der Waals surface area contributed by atoms with Crippen molar-refractivity contribution in [2.24, 2.45) is 5.92 Å². The van der Waals surface area contributed by atoms with Crippen LogP contribution in [0.15, 0.2) is 64.8 Å². The molecule has 2 atom stereocenters. The van der Waals surface area contributed by atoms with Crippen molar-refractivity contribution < 1.29 is 18.6 Å². The molecule has 0 radical (unpaired) electrons. The first-order valence-corrected chi connectivity index (χ1v) is 23.6. The van der Waals surface area contributed by atoms with Crippen molar-refractivity contribution in [1.29, 1.82) is 0 Å². The third-order valence-electron chi connectivity index (χ3n) is 8.86. The Hall–Kier alpha value is -2.20. The Morgan fingerprint density at radius 3 is 2.24 bits per heavy atom. The number of pyridine rings is 1. The highest BCUT2D eigenvalue weighted by Gasteiger charge is 2.40. The van der Waals surface area contributed by atoms with Gasteiger partial charge in [0.25, 0.3) is 0 Å². The van der Waals surface area contributed by atoms with Gasteiger partial charge in [-0.05, 0) is 77.7 Å². The van der Waals surface area contributed by atoms with Crippen LogP contribution in [0.4, 0.5) is 0 Å². The molecule has 0 saturated carbocycles. The van der Waals surface area contributed by atoms with Crippen LogP contribution >= 0.6 is 0 Å². The van der Waals surface area contributed by atoms with E-state index in [9.17, 15) is 0 Å². The van der Waals surface area contributed by atoms with Crippen molar-refractivity contribution in [3.8, 4) is 11.6 Å². The second-order valence-electron chi connectivity index (χ2n) is 15.6. The van der Waals surface area contributed by atoms with Crippen LogP contribution in [0, 0.1) is 12.8 Å². The third kappa shape index (κ3) is 15.1. The van der Waals surface area contributed by atoms with Gasteiger partial charge < -0.3 is 18.6 Å². The van der Waals surface area contributed by atoms with Gasteiger partial charge in [-0.2, -0.15) is 0 Å². The van der Waals surface area contributed by atoms with Gasteiger partial charge in [0.1, 0.15) is 5.75 Å². The summed E-state index contributed by atoms with van der Waals surface area (Å²) in [6.45, 7) is 34.8. The Labute approximate surface area is 285 Å². The highest BCUT2D eigenvalue weighted by molar-refractivity contribution is 6.76. The van der Waals surface area contributed by atoms with Gasteiger partial charge in [0.2, 0.25) is 5.88 Å². The Kier molecular flexibility index (Phi) is 17.2. The maximum atomic E-state index is 7.00. The molecule has 0 aliphatic heterocycles. The molecule has 0 saturated heterocycles. The Bertz CT molecular complexity index is 1260. The molecule has 1 rings (SSSR count). The standard InChI is InChI=1S/C39H67NO4Si2/c1-17-29(2)25-32(5)38(44-46(15,16)39(8,9)10)33(6)26-31(4)20-18-19-30(3)21-22-35-34(7)36(27-37(40-35)41-11)43-28-42-23-24-45(12,13)14/h17-18,20-21,25-27,33,38H,19,22-24,28H2,1-16H3/b20-18+,29-17+,30-21+,31-26+,32-25+/t33-,38+/m1/s1. The van der Waals surface area contributed by atoms with Gasteiger partial charge in [-0.3, -0.25) is 0 Å². The zero-order chi connectivity index (χ0) is 35.3. The fourth-order valence-electron chi connectivity index (χ4n) is 4.58. The summed E-state index contributed by atoms with van der Waals surface area (Å²) in [5.74, 6) is 1.57. The number of allylic oxidation sites excluding steroid dienone is 8. The van der Waals surface area contributed by atoms with Crippen LogP contribution in [0.1, 0.15) is 80.0 Å². The van der Waals surface area contributed by atoms with Gasteiger partial charge in [-0.1, -0.05) is 101 Å². The first-order chi connectivity index (χ1) is 21.2. The number of nitrogens with zero attached hydrogens (tertiary/aromatic N) is 1. The first kappa shape index (κ1) is 41.8. The molecule has 0 unspecified atom stereocenters. The lowest BCUT2D eigenvalue weighted by molar-refractivity contribution is 0.0214. The van der Waals surface area contributed by atoms with Gasteiger partial charge in [0.05, 0.1) is 18.9 Å². The third-order valence-corrected chi connectivity index (χ3v) is 15.0. The fraction of sp³-hybridized carbons (Fsp3) is 0.615. The summed E-state index contributed by atoms with van der Waals surface area (Å²) in [5.41, 5.74) is 7.06. The van der Waals surface area contributed by atoms with E-state index in [1.54, 1.807) is 7.11 Å². The van der Waals surface area contributed by atoms with Crippen molar-refractivity contribution in [2.75, 3.05) is 20.5 Å². The minimum atomic E-state index is -1.95. The van der Waals surface area contributed by atoms with Crippen molar-refractivity contribution in [3.05, 3.63) is 76.1 Å². The normalized spacial score (nSPS) is 15.8. The van der Waals surface area contributed by atoms with Crippen LogP contribution in [0.5, 0.6) is 11.6 Å². The quantitative estimate of drug-likeness (QED) is 0.0512. The van der Waals surface area contributed by atoms with Crippen molar-refractivity contribution in [3.63, 3.8) is 0 Å². The minimum absolute atomic E-state index is 0.0463. The van der Waals surface area contributed by atoms with Crippen molar-refractivity contribution in [1.82, 2.24) is 4.98 Å². The molecular weight excluding hydrogens is 603 g/mol. The minimum Gasteiger partial charge on any atom is -0.481 e. The van der Waals surface area contributed by atoms with Gasteiger partial charge in [-0.25, -0.2) is 4.98 Å². The summed E-state index contributed by atoms with van der Waals surface area (Å²) >= 11 is 0. The molecule has 0 N–H and O–H groups in total. The average molecular weight is 670 g/mol. The Balaban J connectivity index is 2.99. The average Bonchev–Trinajstić information content (AvgIpc) is 2.94. The van der Waals surface area contributed by atoms with Crippen LogP contribution in [-0.4, -0.2) is 48.0 Å². The monoisotopic (exact) mass is 669 g/mol. The van der Waals surface area contributed by atoms with Gasteiger partial charge in [0.15, 0.2) is 15.1 Å². The van der Waals surface area contributed by atoms with E-state index >= 15 is 0 Å². The number of aromatic nitrogens is 1. The number of hydrogen-bond acceptors (Lipinski definition) is 5. The van der Waals surface area contributed by atoms with E-state index in [-0.39, 0.29) is 23.9 Å². The molecule has 0 aliphatic carbocycles. The molecule has 0 amide bonds. The molecule has 46 heavy (non-hydrogen) atoms. The van der Waals surface area contributed by atoms with Gasteiger partial charge in [-0.15, -0.1) is 0 Å². The Morgan fingerprint density at radius 2 is 1.67 bits per heavy atom. The zero-order valence-corrected chi connectivity index (χ0v) is 34.3. The van der Waals surface area contributed by atoms with E-state index in [1.165, 1.54) is 22.3 Å². The summed E-state index contributed by atoms with van der Waals surface area (Å²) in [6, 6.07) is 2.96. The van der Waals surface area contributed by atoms with E-state index in [0.29, 0.717) is 12.3 Å². The zero-order valence-electron chi connectivity index (χ0n) is 32.3. The van der Waals surface area contributed by atoms with Crippen LogP contribution in [0.25, 0.3) is 0 Å². The summed E-state index contributed by atoms with van der Waals surface area (Å²) in [7, 11) is -1.44. The van der Waals surface area contributed by atoms with Crippen LogP contribution < -0.4 is 9.47 Å². The molecular formula is C39H67NO4Si2. The Morgan fingerprint density at radius 1 is 1.02 bits per heavy atom. The highest BCUT2D eigenvalue weighted by atomic mass is 28.4. The largest absolute Gasteiger partial charge is 0.481 e. The van der Waals surface area contributed by atoms with Gasteiger partial charge >= 0.3 is 0 Å². The topological polar surface area (TPSA) is 49.8 Å². The van der Waals surface area contributed by atoms with Crippen molar-refractivity contribution in [2.45, 2.75) is 132 Å². The maximum Gasteiger partial charge on any atom is 0.216 e. The van der Waals surface area contributed by atoms with E-state index in [2.05, 4.69) is 138 Å².